The average Bonchev–Trinajstić information content (AvgIpc) is 2.78. The van der Waals surface area contributed by atoms with Crippen molar-refractivity contribution in [3.8, 4) is 11.5 Å². The van der Waals surface area contributed by atoms with Crippen LogP contribution in [0.5, 0.6) is 11.5 Å². The predicted molar refractivity (Wildman–Crippen MR) is 114 cm³/mol. The molecule has 0 aliphatic carbocycles. The number of aromatic hydroxyl groups is 1. The normalized spacial score (nSPS) is 11.8. The van der Waals surface area contributed by atoms with Crippen LogP contribution in [0.25, 0.3) is 10.8 Å². The molecule has 29 heavy (non-hydrogen) atoms. The molecule has 0 aliphatic rings. The molecular weight excluding hydrogens is 362 g/mol. The molecule has 0 aromatic heterocycles. The fourth-order valence-electron chi connectivity index (χ4n) is 3.51. The van der Waals surface area contributed by atoms with Crippen molar-refractivity contribution in [3.63, 3.8) is 0 Å². The van der Waals surface area contributed by atoms with Crippen LogP contribution in [-0.2, 0) is 0 Å². The molecule has 4 nitrogen and oxygen atoms in total. The molecule has 0 aliphatic heterocycles. The van der Waals surface area contributed by atoms with Gasteiger partial charge in [-0.3, -0.25) is 4.79 Å². The summed E-state index contributed by atoms with van der Waals surface area (Å²) in [5, 5.41) is 15.7. The number of nitrogens with one attached hydrogen (secondary N) is 1. The van der Waals surface area contributed by atoms with Gasteiger partial charge in [-0.2, -0.15) is 0 Å². The van der Waals surface area contributed by atoms with Gasteiger partial charge in [0.05, 0.1) is 13.2 Å². The van der Waals surface area contributed by atoms with Crippen LogP contribution < -0.4 is 10.1 Å². The van der Waals surface area contributed by atoms with Crippen LogP contribution in [0.1, 0.15) is 27.5 Å². The van der Waals surface area contributed by atoms with Gasteiger partial charge in [-0.1, -0.05) is 60.7 Å². The van der Waals surface area contributed by atoms with Gasteiger partial charge in [0.2, 0.25) is 0 Å². The molecule has 0 heterocycles. The third-order valence-electron chi connectivity index (χ3n) is 5.00. The lowest BCUT2D eigenvalue weighted by Crippen LogP contribution is -2.29. The summed E-state index contributed by atoms with van der Waals surface area (Å²) in [6, 6.07) is 27.4. The van der Waals surface area contributed by atoms with Gasteiger partial charge in [0.1, 0.15) is 11.5 Å². The molecule has 2 N–H and O–H groups in total. The van der Waals surface area contributed by atoms with Gasteiger partial charge < -0.3 is 15.2 Å². The first-order valence-corrected chi connectivity index (χ1v) is 9.38. The lowest BCUT2D eigenvalue weighted by atomic mass is 9.92. The van der Waals surface area contributed by atoms with E-state index in [1.165, 1.54) is 0 Å². The Bertz CT molecular complexity index is 1140. The molecule has 4 aromatic carbocycles. The Labute approximate surface area is 169 Å². The number of hydrogen-bond donors (Lipinski definition) is 2. The number of phenols is 1. The zero-order valence-electron chi connectivity index (χ0n) is 16.0. The van der Waals surface area contributed by atoms with E-state index in [9.17, 15) is 9.90 Å². The average molecular weight is 383 g/mol. The minimum atomic E-state index is -0.528. The van der Waals surface area contributed by atoms with E-state index in [0.717, 1.165) is 22.1 Å². The maximum atomic E-state index is 13.0. The summed E-state index contributed by atoms with van der Waals surface area (Å²) in [4.78, 5) is 13.0. The van der Waals surface area contributed by atoms with E-state index >= 15 is 0 Å². The van der Waals surface area contributed by atoms with Crippen LogP contribution in [0.4, 0.5) is 0 Å². The second-order valence-electron chi connectivity index (χ2n) is 6.77. The Morgan fingerprint density at radius 3 is 2.28 bits per heavy atom. The molecule has 4 rings (SSSR count). The number of carbonyl (C=O) groups excluding carboxylic acids is 1. The van der Waals surface area contributed by atoms with Gasteiger partial charge in [0.25, 0.3) is 5.91 Å². The Morgan fingerprint density at radius 2 is 1.55 bits per heavy atom. The number of benzene rings is 4. The number of rotatable bonds is 5. The highest BCUT2D eigenvalue weighted by molar-refractivity contribution is 5.96. The molecule has 1 atom stereocenters. The molecule has 4 heteroatoms. The highest BCUT2D eigenvalue weighted by Gasteiger charge is 2.23. The molecule has 0 saturated carbocycles. The molecule has 144 valence electrons. The van der Waals surface area contributed by atoms with Crippen molar-refractivity contribution in [2.45, 2.75) is 6.04 Å². The fourth-order valence-corrected chi connectivity index (χ4v) is 3.51. The predicted octanol–water partition coefficient (Wildman–Crippen LogP) is 5.07. The molecule has 0 radical (unpaired) electrons. The largest absolute Gasteiger partial charge is 0.508 e. The van der Waals surface area contributed by atoms with Crippen LogP contribution >= 0.6 is 0 Å². The minimum Gasteiger partial charge on any atom is -0.508 e. The summed E-state index contributed by atoms with van der Waals surface area (Å²) in [6.07, 6.45) is 0. The Morgan fingerprint density at radius 1 is 0.862 bits per heavy atom. The van der Waals surface area contributed by atoms with Crippen molar-refractivity contribution < 1.29 is 14.6 Å². The standard InChI is InChI=1S/C25H21NO3/c1-29-20-14-11-18(12-15-20)24(26-25(28)19-8-3-2-4-9-19)23-21-10-6-5-7-17(21)13-16-22(23)27/h2-16,24,27H,1H3,(H,26,28)/t24-/m0/s1. The first-order valence-electron chi connectivity index (χ1n) is 9.38. The van der Waals surface area contributed by atoms with E-state index in [0.29, 0.717) is 11.1 Å². The Hall–Kier alpha value is -3.79. The SMILES string of the molecule is COc1ccc([C@H](NC(=O)c2ccccc2)c2c(O)ccc3ccccc23)cc1. The molecule has 0 spiro atoms. The smallest absolute Gasteiger partial charge is 0.252 e. The Kier molecular flexibility index (Phi) is 5.16. The van der Waals surface area contributed by atoms with Crippen molar-refractivity contribution in [1.82, 2.24) is 5.32 Å². The maximum absolute atomic E-state index is 13.0. The molecular formula is C25H21NO3. The van der Waals surface area contributed by atoms with Crippen molar-refractivity contribution in [3.05, 3.63) is 108 Å². The van der Waals surface area contributed by atoms with Crippen LogP contribution in [0, 0.1) is 0 Å². The van der Waals surface area contributed by atoms with E-state index in [1.54, 1.807) is 25.3 Å². The number of phenolic OH excluding ortho intramolecular Hbond substituents is 1. The summed E-state index contributed by atoms with van der Waals surface area (Å²) in [7, 11) is 1.61. The number of methoxy groups -OCH3 is 1. The summed E-state index contributed by atoms with van der Waals surface area (Å²) >= 11 is 0. The third kappa shape index (κ3) is 3.78. The molecule has 0 saturated heterocycles. The number of fused-ring (bicyclic) bond motifs is 1. The van der Waals surface area contributed by atoms with E-state index in [1.807, 2.05) is 72.8 Å². The first-order chi connectivity index (χ1) is 14.2. The van der Waals surface area contributed by atoms with Gasteiger partial charge in [-0.15, -0.1) is 0 Å². The van der Waals surface area contributed by atoms with Gasteiger partial charge in [0, 0.05) is 11.1 Å². The monoisotopic (exact) mass is 383 g/mol. The summed E-state index contributed by atoms with van der Waals surface area (Å²) in [5.41, 5.74) is 2.07. The van der Waals surface area contributed by atoms with Crippen molar-refractivity contribution in [1.29, 1.82) is 0 Å². The lowest BCUT2D eigenvalue weighted by molar-refractivity contribution is 0.0943. The van der Waals surface area contributed by atoms with Gasteiger partial charge >= 0.3 is 0 Å². The van der Waals surface area contributed by atoms with Gasteiger partial charge in [-0.25, -0.2) is 0 Å². The quantitative estimate of drug-likeness (QED) is 0.506. The summed E-state index contributed by atoms with van der Waals surface area (Å²) in [6.45, 7) is 0. The Balaban J connectivity index is 1.84. The van der Waals surface area contributed by atoms with E-state index in [2.05, 4.69) is 5.32 Å². The van der Waals surface area contributed by atoms with Crippen molar-refractivity contribution in [2.75, 3.05) is 7.11 Å². The minimum absolute atomic E-state index is 0.137. The number of amides is 1. The van der Waals surface area contributed by atoms with E-state index < -0.39 is 6.04 Å². The molecule has 0 unspecified atom stereocenters. The zero-order valence-corrected chi connectivity index (χ0v) is 16.0. The van der Waals surface area contributed by atoms with Gasteiger partial charge in [-0.05, 0) is 46.7 Å². The van der Waals surface area contributed by atoms with E-state index in [-0.39, 0.29) is 11.7 Å². The number of ether oxygens (including phenoxy) is 1. The van der Waals surface area contributed by atoms with Crippen LogP contribution in [0.2, 0.25) is 0 Å². The topological polar surface area (TPSA) is 58.6 Å². The summed E-state index contributed by atoms with van der Waals surface area (Å²) in [5.74, 6) is 0.653. The second-order valence-corrected chi connectivity index (χ2v) is 6.77. The zero-order chi connectivity index (χ0) is 20.2. The maximum Gasteiger partial charge on any atom is 0.252 e. The van der Waals surface area contributed by atoms with Crippen LogP contribution in [0.3, 0.4) is 0 Å². The second kappa shape index (κ2) is 8.07. The lowest BCUT2D eigenvalue weighted by Gasteiger charge is -2.23. The van der Waals surface area contributed by atoms with Crippen LogP contribution in [-0.4, -0.2) is 18.1 Å². The molecule has 4 aromatic rings. The molecule has 0 bridgehead atoms. The molecule has 1 amide bonds. The first kappa shape index (κ1) is 18.6. The van der Waals surface area contributed by atoms with Gasteiger partial charge in [0.15, 0.2) is 0 Å². The van der Waals surface area contributed by atoms with Crippen molar-refractivity contribution in [2.24, 2.45) is 0 Å². The van der Waals surface area contributed by atoms with Crippen molar-refractivity contribution >= 4 is 16.7 Å². The van der Waals surface area contributed by atoms with Crippen LogP contribution in [0.15, 0.2) is 91.0 Å². The number of hydrogen-bond acceptors (Lipinski definition) is 3. The summed E-state index contributed by atoms with van der Waals surface area (Å²) < 4.78 is 5.26. The highest BCUT2D eigenvalue weighted by atomic mass is 16.5. The van der Waals surface area contributed by atoms with E-state index in [4.69, 9.17) is 4.74 Å². The fraction of sp³-hybridized carbons (Fsp3) is 0.0800. The highest BCUT2D eigenvalue weighted by Crippen LogP contribution is 2.36. The third-order valence-corrected chi connectivity index (χ3v) is 5.00. The molecule has 0 fully saturated rings. The number of carbonyl (C=O) groups is 1.